The Bertz CT molecular complexity index is 1830. The molecule has 4 aromatic rings. The zero-order valence-corrected chi connectivity index (χ0v) is 26.8. The number of carbonyl (C=O) groups excluding carboxylic acids is 2. The molecule has 240 valence electrons. The average Bonchev–Trinajstić information content (AvgIpc) is 3.40. The van der Waals surface area contributed by atoms with E-state index < -0.39 is 16.1 Å². The number of amides is 2. The van der Waals surface area contributed by atoms with Crippen molar-refractivity contribution in [2.24, 2.45) is 17.6 Å². The Morgan fingerprint density at radius 2 is 1.69 bits per heavy atom. The molecular formula is C32H39ClN6O5S. The first-order valence-electron chi connectivity index (χ1n) is 14.7. The third-order valence-corrected chi connectivity index (χ3v) is 9.92. The Hall–Kier alpha value is -3.97. The van der Waals surface area contributed by atoms with E-state index in [4.69, 9.17) is 5.73 Å². The van der Waals surface area contributed by atoms with Crippen molar-refractivity contribution in [2.75, 3.05) is 18.9 Å². The summed E-state index contributed by atoms with van der Waals surface area (Å²) >= 11 is 0. The van der Waals surface area contributed by atoms with Gasteiger partial charge in [0.25, 0.3) is 5.56 Å². The maximum atomic E-state index is 13.6. The second kappa shape index (κ2) is 14.4. The van der Waals surface area contributed by atoms with Crippen LogP contribution in [0.5, 0.6) is 0 Å². The zero-order chi connectivity index (χ0) is 31.4. The van der Waals surface area contributed by atoms with Crippen LogP contribution < -0.4 is 26.6 Å². The number of fused-ring (bicyclic) bond motifs is 1. The van der Waals surface area contributed by atoms with E-state index in [1.807, 2.05) is 31.2 Å². The Morgan fingerprint density at radius 3 is 2.33 bits per heavy atom. The van der Waals surface area contributed by atoms with Gasteiger partial charge in [0, 0.05) is 18.0 Å². The van der Waals surface area contributed by atoms with Gasteiger partial charge >= 0.3 is 0 Å². The predicted molar refractivity (Wildman–Crippen MR) is 178 cm³/mol. The topological polar surface area (TPSA) is 179 Å². The first-order valence-corrected chi connectivity index (χ1v) is 16.2. The molecule has 1 aromatic heterocycles. The van der Waals surface area contributed by atoms with E-state index in [-0.39, 0.29) is 47.0 Å². The third kappa shape index (κ3) is 7.82. The summed E-state index contributed by atoms with van der Waals surface area (Å²) in [5.74, 6) is -0.254. The van der Waals surface area contributed by atoms with Crippen molar-refractivity contribution in [1.29, 1.82) is 0 Å². The molecule has 7 N–H and O–H groups in total. The average molecular weight is 655 g/mol. The predicted octanol–water partition coefficient (Wildman–Crippen LogP) is 3.59. The molecule has 2 amide bonds. The van der Waals surface area contributed by atoms with Gasteiger partial charge in [-0.2, -0.15) is 0 Å². The summed E-state index contributed by atoms with van der Waals surface area (Å²) in [6.07, 6.45) is 3.52. The number of benzene rings is 3. The normalized spacial score (nSPS) is 17.3. The second-order valence-corrected chi connectivity index (χ2v) is 13.3. The van der Waals surface area contributed by atoms with Crippen molar-refractivity contribution >= 4 is 50.8 Å². The van der Waals surface area contributed by atoms with Crippen LogP contribution >= 0.6 is 12.4 Å². The molecule has 0 spiro atoms. The number of H-pyrrole nitrogens is 2. The summed E-state index contributed by atoms with van der Waals surface area (Å²) in [4.78, 5) is 39.0. The number of aromatic amines is 2. The van der Waals surface area contributed by atoms with E-state index in [2.05, 4.69) is 25.6 Å². The minimum atomic E-state index is -3.55. The molecule has 45 heavy (non-hydrogen) atoms. The van der Waals surface area contributed by atoms with Crippen LogP contribution in [-0.4, -0.2) is 50.1 Å². The highest BCUT2D eigenvalue weighted by Crippen LogP contribution is 2.29. The molecule has 0 aliphatic heterocycles. The number of hydrogen-bond acceptors (Lipinski definition) is 6. The van der Waals surface area contributed by atoms with Gasteiger partial charge in [-0.05, 0) is 105 Å². The number of aryl methyl sites for hydroxylation is 1. The molecule has 0 bridgehead atoms. The van der Waals surface area contributed by atoms with Gasteiger partial charge < -0.3 is 16.4 Å². The third-order valence-electron chi connectivity index (χ3n) is 8.51. The molecular weight excluding hydrogens is 616 g/mol. The molecule has 1 atom stereocenters. The number of hydrogen-bond donors (Lipinski definition) is 6. The van der Waals surface area contributed by atoms with Crippen molar-refractivity contribution in [3.63, 3.8) is 0 Å². The van der Waals surface area contributed by atoms with Crippen LogP contribution in [0.1, 0.15) is 36.8 Å². The second-order valence-electron chi connectivity index (χ2n) is 11.4. The van der Waals surface area contributed by atoms with E-state index in [9.17, 15) is 22.8 Å². The Balaban J connectivity index is 0.00000461. The molecule has 1 saturated carbocycles. The summed E-state index contributed by atoms with van der Waals surface area (Å²) in [6, 6.07) is 16.7. The number of halogens is 1. The number of aromatic nitrogens is 2. The molecule has 0 radical (unpaired) electrons. The fourth-order valence-electron chi connectivity index (χ4n) is 5.80. The first-order chi connectivity index (χ1) is 21.1. The van der Waals surface area contributed by atoms with E-state index in [1.165, 1.54) is 7.05 Å². The lowest BCUT2D eigenvalue weighted by molar-refractivity contribution is -0.130. The monoisotopic (exact) mass is 654 g/mol. The van der Waals surface area contributed by atoms with E-state index in [1.54, 1.807) is 36.4 Å². The molecule has 13 heteroatoms. The molecule has 0 unspecified atom stereocenters. The maximum absolute atomic E-state index is 13.6. The van der Waals surface area contributed by atoms with Gasteiger partial charge in [-0.3, -0.25) is 24.6 Å². The van der Waals surface area contributed by atoms with Crippen LogP contribution in [0.25, 0.3) is 22.0 Å². The van der Waals surface area contributed by atoms with Gasteiger partial charge in [-0.15, -0.1) is 12.4 Å². The highest BCUT2D eigenvalue weighted by atomic mass is 35.5. The minimum absolute atomic E-state index is 0. The number of sulfonamides is 1. The molecule has 3 aromatic carbocycles. The SMILES string of the molecule is CNS(=O)(=O)c1ccc(-c2ccc(C[C@H](NC(=O)C3CCC(CN)CC3)C(=O)Nc3ccc4c(=O)[nH][nH]c4c3)cc2)c(C)c1.Cl. The zero-order valence-electron chi connectivity index (χ0n) is 25.2. The number of carbonyl (C=O) groups is 2. The quantitative estimate of drug-likeness (QED) is 0.152. The highest BCUT2D eigenvalue weighted by molar-refractivity contribution is 7.89. The number of rotatable bonds is 10. The fraction of sp³-hybridized carbons (Fsp3) is 0.344. The molecule has 11 nitrogen and oxygen atoms in total. The van der Waals surface area contributed by atoms with Crippen LogP contribution in [0.4, 0.5) is 5.69 Å². The van der Waals surface area contributed by atoms with Crippen molar-refractivity contribution < 1.29 is 18.0 Å². The number of nitrogens with one attached hydrogen (secondary N) is 5. The highest BCUT2D eigenvalue weighted by Gasteiger charge is 2.29. The molecule has 1 fully saturated rings. The summed E-state index contributed by atoms with van der Waals surface area (Å²) in [7, 11) is -2.17. The number of nitrogens with two attached hydrogens (primary N) is 1. The van der Waals surface area contributed by atoms with Crippen LogP contribution in [0.3, 0.4) is 0 Å². The number of anilines is 1. The van der Waals surface area contributed by atoms with Gasteiger partial charge in [0.2, 0.25) is 21.8 Å². The van der Waals surface area contributed by atoms with E-state index in [0.717, 1.165) is 47.9 Å². The lowest BCUT2D eigenvalue weighted by atomic mass is 9.81. The Morgan fingerprint density at radius 1 is 0.978 bits per heavy atom. The molecule has 0 saturated heterocycles. The van der Waals surface area contributed by atoms with Crippen LogP contribution in [0, 0.1) is 18.8 Å². The fourth-order valence-corrected chi connectivity index (χ4v) is 6.62. The smallest absolute Gasteiger partial charge is 0.271 e. The summed E-state index contributed by atoms with van der Waals surface area (Å²) in [6.45, 7) is 2.47. The van der Waals surface area contributed by atoms with Crippen LogP contribution in [0.2, 0.25) is 0 Å². The Kier molecular flexibility index (Phi) is 10.9. The van der Waals surface area contributed by atoms with Gasteiger partial charge in [0.1, 0.15) is 6.04 Å². The molecule has 1 aliphatic rings. The molecule has 1 heterocycles. The van der Waals surface area contributed by atoms with Gasteiger partial charge in [0.05, 0.1) is 15.8 Å². The van der Waals surface area contributed by atoms with Crippen molar-refractivity contribution in [3.8, 4) is 11.1 Å². The minimum Gasteiger partial charge on any atom is -0.344 e. The maximum Gasteiger partial charge on any atom is 0.271 e. The standard InChI is InChI=1S/C32H38N6O5S.ClH/c1-19-15-25(44(42,43)34-2)12-14-26(19)22-7-3-20(4-8-22)16-29(36-30(39)23-9-5-21(18-33)6-10-23)32(41)35-24-11-13-27-28(17-24)37-38-31(27)40;/h3-4,7-8,11-15,17,21,23,29,34H,5-6,9-10,16,18,33H2,1-2H3,(H,35,41)(H,36,39)(H2,37,38,40);1H/t21?,23?,29-;/m0./s1. The van der Waals surface area contributed by atoms with E-state index in [0.29, 0.717) is 29.1 Å². The largest absolute Gasteiger partial charge is 0.344 e. The van der Waals surface area contributed by atoms with E-state index >= 15 is 0 Å². The summed E-state index contributed by atoms with van der Waals surface area (Å²) in [5.41, 5.74) is 10.1. The first kappa shape index (κ1) is 33.9. The van der Waals surface area contributed by atoms with Gasteiger partial charge in [-0.25, -0.2) is 13.1 Å². The Labute approximate surface area is 268 Å². The van der Waals surface area contributed by atoms with Crippen molar-refractivity contribution in [2.45, 2.75) is 50.0 Å². The lowest BCUT2D eigenvalue weighted by Crippen LogP contribution is -2.48. The van der Waals surface area contributed by atoms with Gasteiger partial charge in [-0.1, -0.05) is 30.3 Å². The van der Waals surface area contributed by atoms with Crippen LogP contribution in [0.15, 0.2) is 70.4 Å². The molecule has 5 rings (SSSR count). The summed E-state index contributed by atoms with van der Waals surface area (Å²) < 4.78 is 26.7. The van der Waals surface area contributed by atoms with Crippen molar-refractivity contribution in [1.82, 2.24) is 20.2 Å². The van der Waals surface area contributed by atoms with Gasteiger partial charge in [0.15, 0.2) is 0 Å². The lowest BCUT2D eigenvalue weighted by Gasteiger charge is -2.28. The van der Waals surface area contributed by atoms with Crippen LogP contribution in [-0.2, 0) is 26.0 Å². The van der Waals surface area contributed by atoms with Crippen molar-refractivity contribution in [3.05, 3.63) is 82.1 Å². The summed E-state index contributed by atoms with van der Waals surface area (Å²) in [5, 5.41) is 11.7. The molecule has 1 aliphatic carbocycles.